The number of carbonyl (C=O) groups is 2. The molecule has 2 fully saturated rings. The molecule has 0 unspecified atom stereocenters. The van der Waals surface area contributed by atoms with Gasteiger partial charge in [-0.25, -0.2) is 0 Å². The van der Waals surface area contributed by atoms with Crippen LogP contribution in [0.15, 0.2) is 4.99 Å². The fraction of sp³-hybridized carbons (Fsp3) is 0.667. The Labute approximate surface area is 123 Å². The van der Waals surface area contributed by atoms with Crippen LogP contribution in [0.4, 0.5) is 0 Å². The van der Waals surface area contributed by atoms with Gasteiger partial charge in [-0.3, -0.25) is 24.4 Å². The number of amides is 2. The number of morpholine rings is 1. The maximum atomic E-state index is 11.9. The second-order valence-corrected chi connectivity index (χ2v) is 5.07. The van der Waals surface area contributed by atoms with E-state index in [2.05, 4.69) is 15.2 Å². The van der Waals surface area contributed by atoms with Crippen molar-refractivity contribution in [2.45, 2.75) is 0 Å². The summed E-state index contributed by atoms with van der Waals surface area (Å²) in [6, 6.07) is 0. The van der Waals surface area contributed by atoms with Crippen molar-refractivity contribution in [3.05, 3.63) is 0 Å². The summed E-state index contributed by atoms with van der Waals surface area (Å²) in [4.78, 5) is 31.3. The Morgan fingerprint density at radius 1 is 1.45 bits per heavy atom. The average Bonchev–Trinajstić information content (AvgIpc) is 2.45. The van der Waals surface area contributed by atoms with Crippen LogP contribution in [0.5, 0.6) is 0 Å². The Morgan fingerprint density at radius 2 is 2.15 bits per heavy atom. The Bertz CT molecular complexity index is 434. The third-order valence-corrected chi connectivity index (χ3v) is 3.69. The maximum absolute atomic E-state index is 11.9. The van der Waals surface area contributed by atoms with Crippen molar-refractivity contribution in [1.82, 2.24) is 15.1 Å². The van der Waals surface area contributed by atoms with Crippen molar-refractivity contribution in [2.75, 3.05) is 46.4 Å². The molecule has 0 saturated carbocycles. The van der Waals surface area contributed by atoms with Crippen molar-refractivity contribution in [1.29, 1.82) is 0 Å². The van der Waals surface area contributed by atoms with Crippen molar-refractivity contribution in [3.8, 4) is 0 Å². The fourth-order valence-corrected chi connectivity index (χ4v) is 2.21. The zero-order chi connectivity index (χ0) is 14.5. The molecule has 8 heteroatoms. The highest BCUT2D eigenvalue weighted by atomic mass is 32.1. The predicted molar refractivity (Wildman–Crippen MR) is 77.6 cm³/mol. The van der Waals surface area contributed by atoms with Gasteiger partial charge < -0.3 is 10.1 Å². The third-order valence-electron chi connectivity index (χ3n) is 3.32. The second-order valence-electron chi connectivity index (χ2n) is 4.68. The molecule has 110 valence electrons. The zero-order valence-electron chi connectivity index (χ0n) is 11.4. The quantitative estimate of drug-likeness (QED) is 0.404. The highest BCUT2D eigenvalue weighted by Crippen LogP contribution is 2.07. The van der Waals surface area contributed by atoms with Gasteiger partial charge in [-0.15, -0.1) is 0 Å². The smallest absolute Gasteiger partial charge is 0.246 e. The van der Waals surface area contributed by atoms with E-state index < -0.39 is 11.8 Å². The molecule has 2 heterocycles. The van der Waals surface area contributed by atoms with Gasteiger partial charge in [0.25, 0.3) is 0 Å². The summed E-state index contributed by atoms with van der Waals surface area (Å²) in [6.45, 7) is 4.65. The van der Waals surface area contributed by atoms with Gasteiger partial charge in [0.1, 0.15) is 0 Å². The first-order valence-electron chi connectivity index (χ1n) is 6.52. The molecule has 2 rings (SSSR count). The van der Waals surface area contributed by atoms with Crippen LogP contribution in [0.3, 0.4) is 0 Å². The molecule has 2 aliphatic heterocycles. The zero-order valence-corrected chi connectivity index (χ0v) is 12.2. The second kappa shape index (κ2) is 6.87. The van der Waals surface area contributed by atoms with Crippen LogP contribution < -0.4 is 5.32 Å². The Hall–Kier alpha value is -1.38. The van der Waals surface area contributed by atoms with E-state index in [1.54, 1.807) is 7.05 Å². The standard InChI is InChI=1S/C12H18N4O3S/c1-15-11(18)9(10(17)14-12(15)20)8-13-2-3-16-4-6-19-7-5-16/h8-9H,2-7H2,1H3,(H,14,17,20)/t9-/m1/s1. The van der Waals surface area contributed by atoms with Gasteiger partial charge in [-0.05, 0) is 12.2 Å². The molecule has 0 aliphatic carbocycles. The van der Waals surface area contributed by atoms with Crippen molar-refractivity contribution in [3.63, 3.8) is 0 Å². The monoisotopic (exact) mass is 298 g/mol. The molecule has 1 N–H and O–H groups in total. The van der Waals surface area contributed by atoms with E-state index in [1.807, 2.05) is 0 Å². The van der Waals surface area contributed by atoms with Gasteiger partial charge in [-0.1, -0.05) is 0 Å². The lowest BCUT2D eigenvalue weighted by Crippen LogP contribution is -2.56. The molecule has 0 aromatic heterocycles. The minimum Gasteiger partial charge on any atom is -0.379 e. The first-order chi connectivity index (χ1) is 9.59. The molecule has 2 saturated heterocycles. The van der Waals surface area contributed by atoms with E-state index in [0.717, 1.165) is 32.8 Å². The normalized spacial score (nSPS) is 25.4. The molecule has 2 amide bonds. The molecule has 0 aromatic carbocycles. The number of nitrogens with one attached hydrogen (secondary N) is 1. The first kappa shape index (κ1) is 15.0. The van der Waals surface area contributed by atoms with Gasteiger partial charge in [0.15, 0.2) is 11.0 Å². The highest BCUT2D eigenvalue weighted by Gasteiger charge is 2.35. The highest BCUT2D eigenvalue weighted by molar-refractivity contribution is 7.80. The molecule has 7 nitrogen and oxygen atoms in total. The van der Waals surface area contributed by atoms with Gasteiger partial charge in [-0.2, -0.15) is 0 Å². The number of thiocarbonyl (C=S) groups is 1. The lowest BCUT2D eigenvalue weighted by Gasteiger charge is -2.27. The minimum atomic E-state index is -0.878. The van der Waals surface area contributed by atoms with Crippen molar-refractivity contribution in [2.24, 2.45) is 10.9 Å². The molecule has 0 spiro atoms. The topological polar surface area (TPSA) is 74.2 Å². The van der Waals surface area contributed by atoms with Crippen LogP contribution in [0.2, 0.25) is 0 Å². The summed E-state index contributed by atoms with van der Waals surface area (Å²) in [7, 11) is 1.54. The lowest BCUT2D eigenvalue weighted by molar-refractivity contribution is -0.137. The number of rotatable bonds is 4. The SMILES string of the molecule is CN1C(=O)[C@H](C=NCCN2CCOCC2)C(=O)NC1=S. The van der Waals surface area contributed by atoms with E-state index in [1.165, 1.54) is 11.1 Å². The predicted octanol–water partition coefficient (Wildman–Crippen LogP) is -1.12. The lowest BCUT2D eigenvalue weighted by atomic mass is 10.1. The van der Waals surface area contributed by atoms with Crippen LogP contribution in [-0.4, -0.2) is 79.4 Å². The van der Waals surface area contributed by atoms with Gasteiger partial charge in [0.2, 0.25) is 11.8 Å². The summed E-state index contributed by atoms with van der Waals surface area (Å²) in [5, 5.41) is 2.62. The number of nitrogens with zero attached hydrogens (tertiary/aromatic N) is 3. The summed E-state index contributed by atoms with van der Waals surface area (Å²) in [5.41, 5.74) is 0. The molecule has 0 aromatic rings. The van der Waals surface area contributed by atoms with Crippen LogP contribution in [-0.2, 0) is 14.3 Å². The summed E-state index contributed by atoms with van der Waals surface area (Å²) < 4.78 is 5.26. The van der Waals surface area contributed by atoms with Gasteiger partial charge >= 0.3 is 0 Å². The largest absolute Gasteiger partial charge is 0.379 e. The number of hydrogen-bond donors (Lipinski definition) is 1. The van der Waals surface area contributed by atoms with Crippen molar-refractivity contribution >= 4 is 35.4 Å². The van der Waals surface area contributed by atoms with E-state index in [9.17, 15) is 9.59 Å². The number of carbonyl (C=O) groups excluding carboxylic acids is 2. The molecule has 1 atom stereocenters. The van der Waals surface area contributed by atoms with E-state index in [0.29, 0.717) is 6.54 Å². The van der Waals surface area contributed by atoms with Crippen LogP contribution in [0.25, 0.3) is 0 Å². The first-order valence-corrected chi connectivity index (χ1v) is 6.93. The average molecular weight is 298 g/mol. The van der Waals surface area contributed by atoms with Crippen LogP contribution in [0, 0.1) is 5.92 Å². The number of aliphatic imine (C=N–C) groups is 1. The Kier molecular flexibility index (Phi) is 5.16. The molecule has 0 radical (unpaired) electrons. The van der Waals surface area contributed by atoms with E-state index in [-0.39, 0.29) is 11.0 Å². The number of hydrogen-bond acceptors (Lipinski definition) is 6. The van der Waals surface area contributed by atoms with Crippen molar-refractivity contribution < 1.29 is 14.3 Å². The number of ether oxygens (including phenoxy) is 1. The molecular weight excluding hydrogens is 280 g/mol. The van der Waals surface area contributed by atoms with Crippen LogP contribution in [0.1, 0.15) is 0 Å². The summed E-state index contributed by atoms with van der Waals surface area (Å²) >= 11 is 4.87. The maximum Gasteiger partial charge on any atom is 0.246 e. The Morgan fingerprint density at radius 3 is 2.85 bits per heavy atom. The fourth-order valence-electron chi connectivity index (χ4n) is 2.02. The summed E-state index contributed by atoms with van der Waals surface area (Å²) in [5.74, 6) is -1.63. The van der Waals surface area contributed by atoms with E-state index >= 15 is 0 Å². The summed E-state index contributed by atoms with van der Waals surface area (Å²) in [6.07, 6.45) is 1.41. The molecule has 0 bridgehead atoms. The van der Waals surface area contributed by atoms with Gasteiger partial charge in [0, 0.05) is 32.9 Å². The third kappa shape index (κ3) is 3.59. The Balaban J connectivity index is 1.82. The van der Waals surface area contributed by atoms with Gasteiger partial charge in [0.05, 0.1) is 19.8 Å². The molecular formula is C12H18N4O3S. The van der Waals surface area contributed by atoms with Crippen LogP contribution >= 0.6 is 12.2 Å². The minimum absolute atomic E-state index is 0.137. The molecule has 20 heavy (non-hydrogen) atoms. The molecule has 2 aliphatic rings. The van der Waals surface area contributed by atoms with E-state index in [4.69, 9.17) is 17.0 Å².